The number of aliphatic hydroxyl groups is 1. The molecule has 5 rings (SSSR count). The molecule has 0 bridgehead atoms. The maximum Gasteiger partial charge on any atom is 0.120 e. The van der Waals surface area contributed by atoms with Crippen LogP contribution in [-0.2, 0) is 19.6 Å². The summed E-state index contributed by atoms with van der Waals surface area (Å²) in [7, 11) is 0. The first kappa shape index (κ1) is 20.3. The summed E-state index contributed by atoms with van der Waals surface area (Å²) in [5, 5.41) is 9.46. The van der Waals surface area contributed by atoms with Crippen LogP contribution in [-0.4, -0.2) is 5.11 Å². The number of aliphatic hydroxyl groups excluding tert-OH is 1. The Hall–Kier alpha value is -3.62. The Morgan fingerprint density at radius 1 is 0.656 bits per heavy atom. The molecule has 0 unspecified atom stereocenters. The molecule has 158 valence electrons. The molecule has 0 heterocycles. The lowest BCUT2D eigenvalue weighted by Crippen LogP contribution is -2.07. The first-order chi connectivity index (χ1) is 15.8. The van der Waals surface area contributed by atoms with Gasteiger partial charge in [0.25, 0.3) is 0 Å². The highest BCUT2D eigenvalue weighted by Crippen LogP contribution is 2.41. The Bertz CT molecular complexity index is 1220. The molecule has 0 saturated carbocycles. The van der Waals surface area contributed by atoms with Gasteiger partial charge in [0.15, 0.2) is 0 Å². The van der Waals surface area contributed by atoms with E-state index in [0.29, 0.717) is 6.61 Å². The number of hydrogen-bond donors (Lipinski definition) is 1. The van der Waals surface area contributed by atoms with Crippen LogP contribution in [0, 0.1) is 0 Å². The number of fused-ring (bicyclic) bond motifs is 1. The minimum absolute atomic E-state index is 0.0591. The van der Waals surface area contributed by atoms with E-state index in [4.69, 9.17) is 4.74 Å². The van der Waals surface area contributed by atoms with Crippen molar-refractivity contribution in [2.45, 2.75) is 26.1 Å². The van der Waals surface area contributed by atoms with E-state index < -0.39 is 0 Å². The van der Waals surface area contributed by atoms with Gasteiger partial charge in [0.1, 0.15) is 12.4 Å². The maximum atomic E-state index is 9.46. The van der Waals surface area contributed by atoms with E-state index >= 15 is 0 Å². The molecule has 2 nitrogen and oxygen atoms in total. The minimum atomic E-state index is 0.0591. The normalized spacial score (nSPS) is 13.0. The van der Waals surface area contributed by atoms with Crippen LogP contribution in [0.5, 0.6) is 5.75 Å². The zero-order valence-corrected chi connectivity index (χ0v) is 18.0. The Morgan fingerprint density at radius 3 is 2.09 bits per heavy atom. The summed E-state index contributed by atoms with van der Waals surface area (Å²) in [6.45, 7) is 0.629. The van der Waals surface area contributed by atoms with E-state index in [9.17, 15) is 5.11 Å². The molecule has 0 saturated heterocycles. The van der Waals surface area contributed by atoms with Gasteiger partial charge in [-0.3, -0.25) is 0 Å². The second-order valence-corrected chi connectivity index (χ2v) is 8.17. The predicted molar refractivity (Wildman–Crippen MR) is 130 cm³/mol. The largest absolute Gasteiger partial charge is 0.489 e. The van der Waals surface area contributed by atoms with Crippen LogP contribution < -0.4 is 4.74 Å². The van der Waals surface area contributed by atoms with Crippen molar-refractivity contribution in [3.63, 3.8) is 0 Å². The van der Waals surface area contributed by atoms with Crippen molar-refractivity contribution in [1.82, 2.24) is 0 Å². The van der Waals surface area contributed by atoms with Crippen LogP contribution in [0.2, 0.25) is 0 Å². The summed E-state index contributed by atoms with van der Waals surface area (Å²) in [5.74, 6) is 0.908. The third-order valence-electron chi connectivity index (χ3n) is 6.09. The molecule has 0 atom stereocenters. The van der Waals surface area contributed by atoms with Gasteiger partial charge in [-0.25, -0.2) is 0 Å². The molecule has 2 heteroatoms. The van der Waals surface area contributed by atoms with E-state index in [0.717, 1.165) is 24.2 Å². The molecule has 0 radical (unpaired) electrons. The predicted octanol–water partition coefficient (Wildman–Crippen LogP) is 6.66. The number of allylic oxidation sites excluding steroid dienone is 1. The molecule has 0 aliphatic heterocycles. The molecule has 0 amide bonds. The summed E-state index contributed by atoms with van der Waals surface area (Å²) in [6.07, 6.45) is 1.97. The van der Waals surface area contributed by atoms with Crippen molar-refractivity contribution in [1.29, 1.82) is 0 Å². The van der Waals surface area contributed by atoms with Gasteiger partial charge in [0.05, 0.1) is 6.61 Å². The monoisotopic (exact) mass is 418 g/mol. The number of benzene rings is 4. The number of rotatable bonds is 6. The van der Waals surface area contributed by atoms with Gasteiger partial charge in [0.2, 0.25) is 0 Å². The molecular weight excluding hydrogens is 392 g/mol. The second kappa shape index (κ2) is 9.25. The molecule has 0 spiro atoms. The number of ether oxygens (including phenoxy) is 1. The fraction of sp³-hybridized carbons (Fsp3) is 0.133. The van der Waals surface area contributed by atoms with E-state index in [1.165, 1.54) is 39.0 Å². The number of aryl methyl sites for hydroxylation is 1. The van der Waals surface area contributed by atoms with Gasteiger partial charge in [-0.1, -0.05) is 91.0 Å². The first-order valence-corrected chi connectivity index (χ1v) is 11.1. The summed E-state index contributed by atoms with van der Waals surface area (Å²) < 4.78 is 6.10. The van der Waals surface area contributed by atoms with Gasteiger partial charge in [-0.05, 0) is 69.5 Å². The van der Waals surface area contributed by atoms with Crippen LogP contribution >= 0.6 is 0 Å². The van der Waals surface area contributed by atoms with Crippen molar-refractivity contribution in [2.75, 3.05) is 0 Å². The zero-order chi connectivity index (χ0) is 21.8. The van der Waals surface area contributed by atoms with E-state index in [-0.39, 0.29) is 6.61 Å². The second-order valence-electron chi connectivity index (χ2n) is 8.17. The van der Waals surface area contributed by atoms with Crippen LogP contribution in [0.15, 0.2) is 103 Å². The molecule has 1 aliphatic rings. The zero-order valence-electron chi connectivity index (χ0n) is 18.0. The van der Waals surface area contributed by atoms with Crippen molar-refractivity contribution in [3.8, 4) is 5.75 Å². The summed E-state index contributed by atoms with van der Waals surface area (Å²) in [4.78, 5) is 0. The standard InChI is InChI=1S/C30H26O2/c31-20-22-11-13-25(14-12-22)30-28(24-9-5-2-6-10-24)17-15-26-19-27(16-18-29(26)30)32-21-23-7-3-1-4-8-23/h1-14,16,18-19,31H,15,17,20-21H2. The average Bonchev–Trinajstić information content (AvgIpc) is 2.88. The Labute approximate surface area is 189 Å². The molecule has 1 aliphatic carbocycles. The molecule has 0 aromatic heterocycles. The smallest absolute Gasteiger partial charge is 0.120 e. The SMILES string of the molecule is OCc1ccc(C2=C(c3ccccc3)CCc3cc(OCc4ccccc4)ccc32)cc1. The molecular formula is C30H26O2. The minimum Gasteiger partial charge on any atom is -0.489 e. The Kier molecular flexibility index (Phi) is 5.87. The maximum absolute atomic E-state index is 9.46. The third-order valence-corrected chi connectivity index (χ3v) is 6.09. The molecule has 1 N–H and O–H groups in total. The Morgan fingerprint density at radius 2 is 1.38 bits per heavy atom. The van der Waals surface area contributed by atoms with Gasteiger partial charge >= 0.3 is 0 Å². The first-order valence-electron chi connectivity index (χ1n) is 11.1. The lowest BCUT2D eigenvalue weighted by atomic mass is 9.79. The fourth-order valence-electron chi connectivity index (χ4n) is 4.43. The summed E-state index contributed by atoms with van der Waals surface area (Å²) in [5.41, 5.74) is 9.76. The number of hydrogen-bond acceptors (Lipinski definition) is 2. The van der Waals surface area contributed by atoms with Crippen LogP contribution in [0.4, 0.5) is 0 Å². The van der Waals surface area contributed by atoms with E-state index in [1.54, 1.807) is 0 Å². The fourth-order valence-corrected chi connectivity index (χ4v) is 4.43. The van der Waals surface area contributed by atoms with E-state index in [1.807, 2.05) is 30.3 Å². The molecule has 4 aromatic rings. The highest BCUT2D eigenvalue weighted by atomic mass is 16.5. The van der Waals surface area contributed by atoms with Crippen LogP contribution in [0.25, 0.3) is 11.1 Å². The molecule has 0 fully saturated rings. The van der Waals surface area contributed by atoms with Crippen molar-refractivity contribution in [2.24, 2.45) is 0 Å². The highest BCUT2D eigenvalue weighted by molar-refractivity contribution is 6.00. The van der Waals surface area contributed by atoms with Crippen LogP contribution in [0.1, 0.15) is 39.8 Å². The molecule has 4 aromatic carbocycles. The van der Waals surface area contributed by atoms with Gasteiger partial charge < -0.3 is 9.84 Å². The lowest BCUT2D eigenvalue weighted by Gasteiger charge is -2.25. The van der Waals surface area contributed by atoms with Gasteiger partial charge in [-0.2, -0.15) is 0 Å². The lowest BCUT2D eigenvalue weighted by molar-refractivity contribution is 0.282. The van der Waals surface area contributed by atoms with Crippen LogP contribution in [0.3, 0.4) is 0 Å². The van der Waals surface area contributed by atoms with Crippen molar-refractivity contribution < 1.29 is 9.84 Å². The van der Waals surface area contributed by atoms with Crippen molar-refractivity contribution >= 4 is 11.1 Å². The quantitative estimate of drug-likeness (QED) is 0.379. The topological polar surface area (TPSA) is 29.5 Å². The Balaban J connectivity index is 1.53. The van der Waals surface area contributed by atoms with Crippen molar-refractivity contribution in [3.05, 3.63) is 137 Å². The van der Waals surface area contributed by atoms with Gasteiger partial charge in [-0.15, -0.1) is 0 Å². The molecule has 32 heavy (non-hydrogen) atoms. The van der Waals surface area contributed by atoms with E-state index in [2.05, 4.69) is 72.8 Å². The summed E-state index contributed by atoms with van der Waals surface area (Å²) in [6, 6.07) is 35.7. The third kappa shape index (κ3) is 4.23. The highest BCUT2D eigenvalue weighted by Gasteiger charge is 2.22. The summed E-state index contributed by atoms with van der Waals surface area (Å²) >= 11 is 0. The average molecular weight is 419 g/mol. The van der Waals surface area contributed by atoms with Gasteiger partial charge in [0, 0.05) is 0 Å².